The molecule has 3 aromatic carbocycles. The molecule has 1 N–H and O–H groups in total. The van der Waals surface area contributed by atoms with Crippen LogP contribution in [0.1, 0.15) is 46.5 Å². The molecule has 3 rings (SSSR count). The van der Waals surface area contributed by atoms with Crippen LogP contribution in [-0.2, 0) is 23.1 Å². The van der Waals surface area contributed by atoms with E-state index in [4.69, 9.17) is 0 Å². The number of sulfonamides is 1. The van der Waals surface area contributed by atoms with Crippen LogP contribution >= 0.6 is 0 Å². The second kappa shape index (κ2) is 11.4. The van der Waals surface area contributed by atoms with Crippen molar-refractivity contribution in [2.75, 3.05) is 28.6 Å². The van der Waals surface area contributed by atoms with Crippen LogP contribution in [0.5, 0.6) is 0 Å². The Bertz CT molecular complexity index is 1250. The minimum atomic E-state index is -3.48. The standard InChI is InChI=1S/C28H35N3O3S/c1-6-30(7-2)26-16-12-23(13-17-26)19-29-28(32)25-14-10-24(11-15-25)20-31(35(5,33)34)27-18-21(3)8-9-22(27)4/h8-18H,6-7,19-20H2,1-5H3,(H,29,32). The summed E-state index contributed by atoms with van der Waals surface area (Å²) in [6.45, 7) is 10.6. The van der Waals surface area contributed by atoms with Crippen molar-refractivity contribution < 1.29 is 13.2 Å². The fourth-order valence-electron chi connectivity index (χ4n) is 3.99. The van der Waals surface area contributed by atoms with Crippen molar-refractivity contribution in [1.29, 1.82) is 0 Å². The normalized spacial score (nSPS) is 11.2. The summed E-state index contributed by atoms with van der Waals surface area (Å²) >= 11 is 0. The summed E-state index contributed by atoms with van der Waals surface area (Å²) in [6, 6.07) is 21.1. The van der Waals surface area contributed by atoms with Crippen molar-refractivity contribution in [3.63, 3.8) is 0 Å². The summed E-state index contributed by atoms with van der Waals surface area (Å²) in [5.74, 6) is -0.168. The summed E-state index contributed by atoms with van der Waals surface area (Å²) in [5, 5.41) is 2.96. The van der Waals surface area contributed by atoms with Crippen molar-refractivity contribution in [3.8, 4) is 0 Å². The topological polar surface area (TPSA) is 69.7 Å². The Morgan fingerprint density at radius 3 is 2.03 bits per heavy atom. The molecule has 0 bridgehead atoms. The van der Waals surface area contributed by atoms with E-state index in [1.54, 1.807) is 24.3 Å². The van der Waals surface area contributed by atoms with Gasteiger partial charge in [0.1, 0.15) is 0 Å². The minimum Gasteiger partial charge on any atom is -0.372 e. The molecule has 0 saturated carbocycles. The highest BCUT2D eigenvalue weighted by Crippen LogP contribution is 2.26. The van der Waals surface area contributed by atoms with Crippen molar-refractivity contribution in [3.05, 3.63) is 94.5 Å². The molecular formula is C28H35N3O3S. The van der Waals surface area contributed by atoms with Crippen LogP contribution < -0.4 is 14.5 Å². The quantitative estimate of drug-likeness (QED) is 0.429. The number of benzene rings is 3. The number of nitrogens with zero attached hydrogens (tertiary/aromatic N) is 2. The van der Waals surface area contributed by atoms with Gasteiger partial charge in [0, 0.05) is 30.9 Å². The highest BCUT2D eigenvalue weighted by Gasteiger charge is 2.20. The van der Waals surface area contributed by atoms with Gasteiger partial charge >= 0.3 is 0 Å². The number of carbonyl (C=O) groups excluding carboxylic acids is 1. The molecule has 0 aromatic heterocycles. The molecule has 3 aromatic rings. The third-order valence-corrected chi connectivity index (χ3v) is 7.22. The smallest absolute Gasteiger partial charge is 0.251 e. The third kappa shape index (κ3) is 6.85. The zero-order valence-corrected chi connectivity index (χ0v) is 22.0. The first kappa shape index (κ1) is 26.3. The van der Waals surface area contributed by atoms with Gasteiger partial charge in [-0.2, -0.15) is 0 Å². The molecule has 0 unspecified atom stereocenters. The van der Waals surface area contributed by atoms with Crippen LogP contribution in [0.3, 0.4) is 0 Å². The first-order chi connectivity index (χ1) is 16.6. The molecule has 1 amide bonds. The largest absolute Gasteiger partial charge is 0.372 e. The predicted molar refractivity (Wildman–Crippen MR) is 145 cm³/mol. The maximum atomic E-state index is 12.7. The maximum Gasteiger partial charge on any atom is 0.251 e. The van der Waals surface area contributed by atoms with Crippen molar-refractivity contribution >= 4 is 27.3 Å². The van der Waals surface area contributed by atoms with Crippen LogP contribution in [-0.4, -0.2) is 33.7 Å². The van der Waals surface area contributed by atoms with Gasteiger partial charge in [0.2, 0.25) is 10.0 Å². The Morgan fingerprint density at radius 2 is 1.46 bits per heavy atom. The number of hydrogen-bond donors (Lipinski definition) is 1. The lowest BCUT2D eigenvalue weighted by molar-refractivity contribution is 0.0951. The Labute approximate surface area is 209 Å². The summed E-state index contributed by atoms with van der Waals surface area (Å²) in [5.41, 5.74) is 6.09. The third-order valence-electron chi connectivity index (χ3n) is 6.09. The molecule has 0 heterocycles. The Balaban J connectivity index is 1.66. The second-order valence-corrected chi connectivity index (χ2v) is 10.7. The molecule has 7 heteroatoms. The van der Waals surface area contributed by atoms with E-state index >= 15 is 0 Å². The molecule has 35 heavy (non-hydrogen) atoms. The molecule has 0 aliphatic rings. The van der Waals surface area contributed by atoms with Gasteiger partial charge in [-0.25, -0.2) is 8.42 Å². The lowest BCUT2D eigenvalue weighted by atomic mass is 10.1. The number of rotatable bonds is 10. The van der Waals surface area contributed by atoms with Gasteiger partial charge in [-0.05, 0) is 80.3 Å². The Kier molecular flexibility index (Phi) is 8.57. The summed E-state index contributed by atoms with van der Waals surface area (Å²) < 4.78 is 26.5. The molecule has 0 aliphatic heterocycles. The Hall–Kier alpha value is -3.32. The SMILES string of the molecule is CCN(CC)c1ccc(CNC(=O)c2ccc(CN(c3cc(C)ccc3C)S(C)(=O)=O)cc2)cc1. The first-order valence-corrected chi connectivity index (χ1v) is 13.7. The molecule has 186 valence electrons. The van der Waals surface area contributed by atoms with Gasteiger partial charge in [-0.15, -0.1) is 0 Å². The fourth-order valence-corrected chi connectivity index (χ4v) is 4.93. The van der Waals surface area contributed by atoms with E-state index in [1.165, 1.54) is 16.2 Å². The number of carbonyl (C=O) groups is 1. The highest BCUT2D eigenvalue weighted by atomic mass is 32.2. The zero-order chi connectivity index (χ0) is 25.6. The average Bonchev–Trinajstić information content (AvgIpc) is 2.84. The minimum absolute atomic E-state index is 0.168. The second-order valence-electron chi connectivity index (χ2n) is 8.78. The molecule has 0 saturated heterocycles. The lowest BCUT2D eigenvalue weighted by Crippen LogP contribution is -2.30. The van der Waals surface area contributed by atoms with E-state index < -0.39 is 10.0 Å². The van der Waals surface area contributed by atoms with Crippen LogP contribution in [0.15, 0.2) is 66.7 Å². The monoisotopic (exact) mass is 493 g/mol. The predicted octanol–water partition coefficient (Wildman–Crippen LogP) is 5.05. The van der Waals surface area contributed by atoms with E-state index in [1.807, 2.05) is 44.2 Å². The number of nitrogens with one attached hydrogen (secondary N) is 1. The molecule has 0 aliphatic carbocycles. The average molecular weight is 494 g/mol. The number of aryl methyl sites for hydroxylation is 2. The van der Waals surface area contributed by atoms with Gasteiger partial charge < -0.3 is 10.2 Å². The molecule has 0 fully saturated rings. The van der Waals surface area contributed by atoms with Crippen molar-refractivity contribution in [2.45, 2.75) is 40.8 Å². The molecule has 0 radical (unpaired) electrons. The van der Waals surface area contributed by atoms with Gasteiger partial charge in [0.15, 0.2) is 0 Å². The van der Waals surface area contributed by atoms with Crippen LogP contribution in [0, 0.1) is 13.8 Å². The highest BCUT2D eigenvalue weighted by molar-refractivity contribution is 7.92. The zero-order valence-electron chi connectivity index (χ0n) is 21.2. The number of amides is 1. The van der Waals surface area contributed by atoms with Crippen LogP contribution in [0.4, 0.5) is 11.4 Å². The number of anilines is 2. The van der Waals surface area contributed by atoms with Crippen LogP contribution in [0.2, 0.25) is 0 Å². The number of hydrogen-bond acceptors (Lipinski definition) is 4. The van der Waals surface area contributed by atoms with E-state index in [9.17, 15) is 13.2 Å². The molecular weight excluding hydrogens is 458 g/mol. The van der Waals surface area contributed by atoms with Gasteiger partial charge in [-0.3, -0.25) is 9.10 Å². The maximum absolute atomic E-state index is 12.7. The van der Waals surface area contributed by atoms with E-state index in [-0.39, 0.29) is 12.5 Å². The van der Waals surface area contributed by atoms with E-state index in [2.05, 4.69) is 36.2 Å². The van der Waals surface area contributed by atoms with Gasteiger partial charge in [-0.1, -0.05) is 36.4 Å². The van der Waals surface area contributed by atoms with E-state index in [0.717, 1.165) is 35.3 Å². The van der Waals surface area contributed by atoms with Crippen LogP contribution in [0.25, 0.3) is 0 Å². The van der Waals surface area contributed by atoms with Crippen molar-refractivity contribution in [2.24, 2.45) is 0 Å². The molecule has 6 nitrogen and oxygen atoms in total. The summed E-state index contributed by atoms with van der Waals surface area (Å²) in [6.07, 6.45) is 1.21. The summed E-state index contributed by atoms with van der Waals surface area (Å²) in [4.78, 5) is 14.9. The summed E-state index contributed by atoms with van der Waals surface area (Å²) in [7, 11) is -3.48. The van der Waals surface area contributed by atoms with Gasteiger partial charge in [0.25, 0.3) is 5.91 Å². The molecule has 0 atom stereocenters. The van der Waals surface area contributed by atoms with Gasteiger partial charge in [0.05, 0.1) is 18.5 Å². The van der Waals surface area contributed by atoms with Crippen molar-refractivity contribution in [1.82, 2.24) is 5.32 Å². The molecule has 0 spiro atoms. The first-order valence-electron chi connectivity index (χ1n) is 11.9. The lowest BCUT2D eigenvalue weighted by Gasteiger charge is -2.25. The Morgan fingerprint density at radius 1 is 0.857 bits per heavy atom. The fraction of sp³-hybridized carbons (Fsp3) is 0.321. The van der Waals surface area contributed by atoms with E-state index in [0.29, 0.717) is 17.8 Å².